The van der Waals surface area contributed by atoms with Gasteiger partial charge in [0.25, 0.3) is 0 Å². The van der Waals surface area contributed by atoms with Gasteiger partial charge in [-0.1, -0.05) is 67.6 Å². The van der Waals surface area contributed by atoms with Crippen molar-refractivity contribution in [2.45, 2.75) is 32.4 Å². The molecule has 0 spiro atoms. The van der Waals surface area contributed by atoms with Gasteiger partial charge >= 0.3 is 0 Å². The lowest BCUT2D eigenvalue weighted by Gasteiger charge is -2.33. The van der Waals surface area contributed by atoms with E-state index in [1.54, 1.807) is 0 Å². The summed E-state index contributed by atoms with van der Waals surface area (Å²) in [5.41, 5.74) is 1.82. The van der Waals surface area contributed by atoms with Gasteiger partial charge in [0.15, 0.2) is 0 Å². The van der Waals surface area contributed by atoms with E-state index in [1.807, 2.05) is 67.6 Å². The third-order valence-corrected chi connectivity index (χ3v) is 6.95. The van der Waals surface area contributed by atoms with E-state index in [9.17, 15) is 22.4 Å². The van der Waals surface area contributed by atoms with Crippen LogP contribution in [0.2, 0.25) is 0 Å². The molecule has 0 saturated heterocycles. The van der Waals surface area contributed by atoms with Crippen LogP contribution < -0.4 is 9.62 Å². The second-order valence-electron chi connectivity index (χ2n) is 8.75. The molecule has 3 rings (SSSR count). The minimum absolute atomic E-state index is 0.109. The summed E-state index contributed by atoms with van der Waals surface area (Å²) < 4.78 is 39.7. The molecule has 7 nitrogen and oxygen atoms in total. The Morgan fingerprint density at radius 2 is 1.46 bits per heavy atom. The number of hydrogen-bond acceptors (Lipinski definition) is 4. The summed E-state index contributed by atoms with van der Waals surface area (Å²) in [6.07, 6.45) is 1.97. The molecular formula is C28H32FN3O4S. The second-order valence-corrected chi connectivity index (χ2v) is 10.7. The van der Waals surface area contributed by atoms with Gasteiger partial charge in [-0.25, -0.2) is 12.8 Å². The van der Waals surface area contributed by atoms with Gasteiger partial charge in [0.2, 0.25) is 21.8 Å². The van der Waals surface area contributed by atoms with Crippen LogP contribution in [0.25, 0.3) is 0 Å². The molecule has 0 saturated carbocycles. The first-order chi connectivity index (χ1) is 17.7. The molecule has 0 heterocycles. The van der Waals surface area contributed by atoms with E-state index < -0.39 is 34.3 Å². The molecule has 3 aromatic rings. The van der Waals surface area contributed by atoms with Gasteiger partial charge in [-0.15, -0.1) is 0 Å². The van der Waals surface area contributed by atoms with Crippen molar-refractivity contribution in [2.24, 2.45) is 0 Å². The molecular weight excluding hydrogens is 493 g/mol. The monoisotopic (exact) mass is 525 g/mol. The Kier molecular flexibility index (Phi) is 9.79. The number of nitrogens with one attached hydrogen (secondary N) is 1. The second kappa shape index (κ2) is 13.0. The van der Waals surface area contributed by atoms with Gasteiger partial charge in [0.1, 0.15) is 18.4 Å². The summed E-state index contributed by atoms with van der Waals surface area (Å²) in [7, 11) is -3.89. The van der Waals surface area contributed by atoms with Gasteiger partial charge < -0.3 is 10.2 Å². The minimum atomic E-state index is -3.89. The standard InChI is InChI=1S/C28H32FN3O4S/c1-3-18-30-28(34)26(19-22-10-6-4-7-11-22)31(20-23-12-8-5-9-13-23)27(33)21-32(37(2,35)36)25-16-14-24(29)15-17-25/h4-17,26H,3,18-21H2,1-2H3,(H,30,34). The maximum absolute atomic E-state index is 13.8. The molecule has 1 atom stereocenters. The van der Waals surface area contributed by atoms with Crippen LogP contribution in [0.1, 0.15) is 24.5 Å². The van der Waals surface area contributed by atoms with Gasteiger partial charge in [-0.05, 0) is 41.8 Å². The molecule has 0 aromatic heterocycles. The zero-order valence-electron chi connectivity index (χ0n) is 21.0. The van der Waals surface area contributed by atoms with Crippen LogP contribution in [-0.4, -0.2) is 50.5 Å². The van der Waals surface area contributed by atoms with Crippen LogP contribution >= 0.6 is 0 Å². The fourth-order valence-corrected chi connectivity index (χ4v) is 4.77. The Bertz CT molecular complexity index is 1270. The first-order valence-electron chi connectivity index (χ1n) is 12.1. The number of halogens is 1. The minimum Gasteiger partial charge on any atom is -0.354 e. The quantitative estimate of drug-likeness (QED) is 0.390. The molecule has 3 aromatic carbocycles. The Morgan fingerprint density at radius 1 is 0.892 bits per heavy atom. The normalized spacial score (nSPS) is 12.0. The lowest BCUT2D eigenvalue weighted by atomic mass is 10.0. The van der Waals surface area contributed by atoms with Crippen molar-refractivity contribution in [3.63, 3.8) is 0 Å². The average molecular weight is 526 g/mol. The first kappa shape index (κ1) is 27.9. The fraction of sp³-hybridized carbons (Fsp3) is 0.286. The van der Waals surface area contributed by atoms with Gasteiger partial charge in [-0.2, -0.15) is 0 Å². The maximum atomic E-state index is 13.8. The average Bonchev–Trinajstić information content (AvgIpc) is 2.89. The van der Waals surface area contributed by atoms with Crippen molar-refractivity contribution in [3.8, 4) is 0 Å². The molecule has 196 valence electrons. The van der Waals surface area contributed by atoms with E-state index in [-0.39, 0.29) is 24.6 Å². The molecule has 0 fully saturated rings. The van der Waals surface area contributed by atoms with Crippen LogP contribution in [0.3, 0.4) is 0 Å². The third kappa shape index (κ3) is 8.15. The molecule has 1 N–H and O–H groups in total. The van der Waals surface area contributed by atoms with E-state index >= 15 is 0 Å². The van der Waals surface area contributed by atoms with Crippen molar-refractivity contribution in [1.82, 2.24) is 10.2 Å². The third-order valence-electron chi connectivity index (χ3n) is 5.81. The van der Waals surface area contributed by atoms with E-state index in [0.29, 0.717) is 6.54 Å². The Balaban J connectivity index is 2.01. The number of benzene rings is 3. The molecule has 1 unspecified atom stereocenters. The summed E-state index contributed by atoms with van der Waals surface area (Å²) in [5, 5.41) is 2.89. The lowest BCUT2D eigenvalue weighted by molar-refractivity contribution is -0.140. The Morgan fingerprint density at radius 3 is 2.00 bits per heavy atom. The summed E-state index contributed by atoms with van der Waals surface area (Å²) in [6, 6.07) is 22.6. The zero-order valence-corrected chi connectivity index (χ0v) is 21.8. The van der Waals surface area contributed by atoms with Crippen LogP contribution in [0, 0.1) is 5.82 Å². The molecule has 0 aliphatic carbocycles. The zero-order chi connectivity index (χ0) is 26.8. The highest BCUT2D eigenvalue weighted by Gasteiger charge is 2.32. The highest BCUT2D eigenvalue weighted by molar-refractivity contribution is 7.92. The molecule has 37 heavy (non-hydrogen) atoms. The number of hydrogen-bond donors (Lipinski definition) is 1. The molecule has 0 aliphatic rings. The van der Waals surface area contributed by atoms with E-state index in [4.69, 9.17) is 0 Å². The van der Waals surface area contributed by atoms with E-state index in [2.05, 4.69) is 5.32 Å². The number of sulfonamides is 1. The van der Waals surface area contributed by atoms with Gasteiger partial charge in [-0.3, -0.25) is 13.9 Å². The largest absolute Gasteiger partial charge is 0.354 e. The number of nitrogens with zero attached hydrogens (tertiary/aromatic N) is 2. The van der Waals surface area contributed by atoms with Crippen molar-refractivity contribution in [1.29, 1.82) is 0 Å². The van der Waals surface area contributed by atoms with E-state index in [0.717, 1.165) is 40.2 Å². The molecule has 0 radical (unpaired) electrons. The summed E-state index contributed by atoms with van der Waals surface area (Å²) in [6.45, 7) is 1.95. The molecule has 0 aliphatic heterocycles. The van der Waals surface area contributed by atoms with Crippen molar-refractivity contribution >= 4 is 27.5 Å². The predicted octanol–water partition coefficient (Wildman–Crippen LogP) is 3.76. The Labute approximate surface area is 218 Å². The topological polar surface area (TPSA) is 86.8 Å². The Hall–Kier alpha value is -3.72. The molecule has 0 bridgehead atoms. The lowest BCUT2D eigenvalue weighted by Crippen LogP contribution is -2.53. The number of carbonyl (C=O) groups excluding carboxylic acids is 2. The summed E-state index contributed by atoms with van der Waals surface area (Å²) in [4.78, 5) is 28.6. The van der Waals surface area contributed by atoms with Crippen LogP contribution in [-0.2, 0) is 32.6 Å². The smallest absolute Gasteiger partial charge is 0.244 e. The van der Waals surface area contributed by atoms with Gasteiger partial charge in [0, 0.05) is 19.5 Å². The SMILES string of the molecule is CCCNC(=O)C(Cc1ccccc1)N(Cc1ccccc1)C(=O)CN(c1ccc(F)cc1)S(C)(=O)=O. The van der Waals surface area contributed by atoms with E-state index in [1.165, 1.54) is 17.0 Å². The highest BCUT2D eigenvalue weighted by Crippen LogP contribution is 2.20. The summed E-state index contributed by atoms with van der Waals surface area (Å²) >= 11 is 0. The van der Waals surface area contributed by atoms with Crippen LogP contribution in [0.15, 0.2) is 84.9 Å². The predicted molar refractivity (Wildman–Crippen MR) is 143 cm³/mol. The van der Waals surface area contributed by atoms with Crippen LogP contribution in [0.5, 0.6) is 0 Å². The van der Waals surface area contributed by atoms with Crippen molar-refractivity contribution < 1.29 is 22.4 Å². The number of rotatable bonds is 12. The molecule has 9 heteroatoms. The highest BCUT2D eigenvalue weighted by atomic mass is 32.2. The number of carbonyl (C=O) groups is 2. The number of anilines is 1. The fourth-order valence-electron chi connectivity index (χ4n) is 3.92. The van der Waals surface area contributed by atoms with Crippen molar-refractivity contribution in [3.05, 3.63) is 102 Å². The van der Waals surface area contributed by atoms with Crippen LogP contribution in [0.4, 0.5) is 10.1 Å². The first-order valence-corrected chi connectivity index (χ1v) is 13.9. The number of amides is 2. The summed E-state index contributed by atoms with van der Waals surface area (Å²) in [5.74, 6) is -1.39. The van der Waals surface area contributed by atoms with Gasteiger partial charge in [0.05, 0.1) is 11.9 Å². The maximum Gasteiger partial charge on any atom is 0.244 e. The van der Waals surface area contributed by atoms with Crippen molar-refractivity contribution in [2.75, 3.05) is 23.7 Å². The molecule has 2 amide bonds.